The number of carbonyl (C=O) groups is 1. The van der Waals surface area contributed by atoms with E-state index in [9.17, 15) is 9.18 Å². The van der Waals surface area contributed by atoms with Gasteiger partial charge in [-0.1, -0.05) is 36.4 Å². The molecule has 1 fully saturated rings. The van der Waals surface area contributed by atoms with E-state index >= 15 is 0 Å². The molecule has 1 atom stereocenters. The van der Waals surface area contributed by atoms with Gasteiger partial charge in [-0.05, 0) is 55.1 Å². The van der Waals surface area contributed by atoms with Crippen molar-refractivity contribution < 1.29 is 9.18 Å². The van der Waals surface area contributed by atoms with E-state index < -0.39 is 0 Å². The zero-order chi connectivity index (χ0) is 22.7. The van der Waals surface area contributed by atoms with Crippen molar-refractivity contribution in [1.82, 2.24) is 19.8 Å². The monoisotopic (exact) mass is 432 g/mol. The molecule has 1 amide bonds. The predicted molar refractivity (Wildman–Crippen MR) is 124 cm³/mol. The Morgan fingerprint density at radius 1 is 1.09 bits per heavy atom. The van der Waals surface area contributed by atoms with Gasteiger partial charge in [-0.3, -0.25) is 9.69 Å². The highest BCUT2D eigenvalue weighted by Crippen LogP contribution is 2.27. The first-order valence-corrected chi connectivity index (χ1v) is 11.0. The van der Waals surface area contributed by atoms with Gasteiger partial charge in [-0.25, -0.2) is 14.4 Å². The third-order valence-corrected chi connectivity index (χ3v) is 6.04. The quantitative estimate of drug-likeness (QED) is 0.588. The van der Waals surface area contributed by atoms with Crippen molar-refractivity contribution in [3.8, 4) is 11.1 Å². The number of halogens is 1. The largest absolute Gasteiger partial charge is 0.345 e. The molecule has 1 aromatic heterocycles. The minimum Gasteiger partial charge on any atom is -0.345 e. The number of aryl methyl sites for hydroxylation is 1. The van der Waals surface area contributed by atoms with E-state index in [1.54, 1.807) is 37.3 Å². The molecule has 5 nitrogen and oxygen atoms in total. The number of rotatable bonds is 5. The van der Waals surface area contributed by atoms with Crippen LogP contribution in [0.25, 0.3) is 11.1 Å². The third-order valence-electron chi connectivity index (χ3n) is 6.04. The average molecular weight is 433 g/mol. The Morgan fingerprint density at radius 2 is 1.75 bits per heavy atom. The van der Waals surface area contributed by atoms with Crippen molar-refractivity contribution in [3.63, 3.8) is 0 Å². The second kappa shape index (κ2) is 9.57. The first kappa shape index (κ1) is 22.1. The first-order valence-electron chi connectivity index (χ1n) is 11.0. The molecule has 0 aliphatic carbocycles. The fraction of sp³-hybridized carbons (Fsp3) is 0.346. The van der Waals surface area contributed by atoms with Crippen molar-refractivity contribution in [1.29, 1.82) is 0 Å². The SMILES string of the molecule is Cc1nc(C2CCCN(Cc3ccc(-c4ccc(F)cc4)cc3)C2)ncc1C(=O)N(C)C. The highest BCUT2D eigenvalue weighted by Gasteiger charge is 2.25. The number of carbonyl (C=O) groups excluding carboxylic acids is 1. The van der Waals surface area contributed by atoms with Crippen LogP contribution in [0.2, 0.25) is 0 Å². The van der Waals surface area contributed by atoms with Gasteiger partial charge < -0.3 is 4.90 Å². The van der Waals surface area contributed by atoms with Crippen LogP contribution in [0.5, 0.6) is 0 Å². The number of piperidine rings is 1. The fourth-order valence-electron chi connectivity index (χ4n) is 4.25. The van der Waals surface area contributed by atoms with Crippen LogP contribution < -0.4 is 0 Å². The second-order valence-electron chi connectivity index (χ2n) is 8.70. The van der Waals surface area contributed by atoms with Gasteiger partial charge in [0.05, 0.1) is 11.3 Å². The highest BCUT2D eigenvalue weighted by molar-refractivity contribution is 5.94. The molecule has 6 heteroatoms. The molecule has 0 spiro atoms. The van der Waals surface area contributed by atoms with Crippen molar-refractivity contribution in [2.75, 3.05) is 27.2 Å². The minimum atomic E-state index is -0.219. The molecule has 0 bridgehead atoms. The maximum Gasteiger partial charge on any atom is 0.256 e. The number of benzene rings is 2. The first-order chi connectivity index (χ1) is 15.4. The Balaban J connectivity index is 1.41. The standard InChI is InChI=1S/C26H29FN4O/c1-18-24(26(32)30(2)3)15-28-25(29-18)22-5-4-14-31(17-22)16-19-6-8-20(9-7-19)21-10-12-23(27)13-11-21/h6-13,15,22H,4-5,14,16-17H2,1-3H3. The number of amides is 1. The Kier molecular flexibility index (Phi) is 6.61. The van der Waals surface area contributed by atoms with Crippen LogP contribution in [-0.2, 0) is 6.54 Å². The van der Waals surface area contributed by atoms with Gasteiger partial charge in [0.1, 0.15) is 11.6 Å². The number of aromatic nitrogens is 2. The number of nitrogens with zero attached hydrogens (tertiary/aromatic N) is 4. The molecular formula is C26H29FN4O. The zero-order valence-corrected chi connectivity index (χ0v) is 18.9. The molecule has 4 rings (SSSR count). The van der Waals surface area contributed by atoms with Crippen molar-refractivity contribution in [3.05, 3.63) is 83.2 Å². The maximum absolute atomic E-state index is 13.2. The summed E-state index contributed by atoms with van der Waals surface area (Å²) in [6.07, 6.45) is 3.83. The second-order valence-corrected chi connectivity index (χ2v) is 8.70. The fourth-order valence-corrected chi connectivity index (χ4v) is 4.25. The van der Waals surface area contributed by atoms with E-state index in [1.807, 2.05) is 6.92 Å². The molecule has 1 aliphatic heterocycles. The van der Waals surface area contributed by atoms with Crippen LogP contribution in [-0.4, -0.2) is 52.9 Å². The molecule has 32 heavy (non-hydrogen) atoms. The van der Waals surface area contributed by atoms with E-state index in [4.69, 9.17) is 0 Å². The summed E-state index contributed by atoms with van der Waals surface area (Å²) in [6, 6.07) is 15.1. The molecule has 3 aromatic rings. The van der Waals surface area contributed by atoms with Crippen LogP contribution in [0.15, 0.2) is 54.7 Å². The molecule has 2 heterocycles. The van der Waals surface area contributed by atoms with Gasteiger partial charge in [0.2, 0.25) is 0 Å². The molecule has 1 saturated heterocycles. The van der Waals surface area contributed by atoms with E-state index in [-0.39, 0.29) is 17.6 Å². The van der Waals surface area contributed by atoms with Gasteiger partial charge in [-0.2, -0.15) is 0 Å². The summed E-state index contributed by atoms with van der Waals surface area (Å²) in [5.74, 6) is 0.810. The van der Waals surface area contributed by atoms with Gasteiger partial charge in [-0.15, -0.1) is 0 Å². The maximum atomic E-state index is 13.2. The number of likely N-dealkylation sites (tertiary alicyclic amines) is 1. The lowest BCUT2D eigenvalue weighted by atomic mass is 9.96. The molecule has 0 N–H and O–H groups in total. The lowest BCUT2D eigenvalue weighted by Crippen LogP contribution is -2.34. The Bertz CT molecular complexity index is 1080. The third kappa shape index (κ3) is 5.02. The minimum absolute atomic E-state index is 0.0663. The zero-order valence-electron chi connectivity index (χ0n) is 18.9. The summed E-state index contributed by atoms with van der Waals surface area (Å²) in [6.45, 7) is 4.70. The lowest BCUT2D eigenvalue weighted by molar-refractivity contribution is 0.0825. The smallest absolute Gasteiger partial charge is 0.256 e. The van der Waals surface area contributed by atoms with E-state index in [0.717, 1.165) is 55.1 Å². The Hall–Kier alpha value is -3.12. The highest BCUT2D eigenvalue weighted by atomic mass is 19.1. The van der Waals surface area contributed by atoms with E-state index in [0.29, 0.717) is 5.56 Å². The van der Waals surface area contributed by atoms with Crippen LogP contribution in [0.1, 0.15) is 46.2 Å². The molecule has 1 aliphatic rings. The summed E-state index contributed by atoms with van der Waals surface area (Å²) in [5, 5.41) is 0. The van der Waals surface area contributed by atoms with Crippen molar-refractivity contribution in [2.24, 2.45) is 0 Å². The van der Waals surface area contributed by atoms with Crippen molar-refractivity contribution in [2.45, 2.75) is 32.2 Å². The number of hydrogen-bond acceptors (Lipinski definition) is 4. The molecule has 1 unspecified atom stereocenters. The van der Waals surface area contributed by atoms with Gasteiger partial charge in [0.15, 0.2) is 0 Å². The van der Waals surface area contributed by atoms with Crippen LogP contribution in [0, 0.1) is 12.7 Å². The van der Waals surface area contributed by atoms with E-state index in [1.165, 1.54) is 17.7 Å². The number of hydrogen-bond donors (Lipinski definition) is 0. The van der Waals surface area contributed by atoms with Gasteiger partial charge in [0, 0.05) is 39.3 Å². The normalized spacial score (nSPS) is 16.7. The van der Waals surface area contributed by atoms with E-state index in [2.05, 4.69) is 39.1 Å². The summed E-state index contributed by atoms with van der Waals surface area (Å²) >= 11 is 0. The van der Waals surface area contributed by atoms with Crippen LogP contribution >= 0.6 is 0 Å². The molecule has 0 saturated carbocycles. The molecule has 166 valence electrons. The molecule has 2 aromatic carbocycles. The predicted octanol–water partition coefficient (Wildman–Crippen LogP) is 4.67. The summed E-state index contributed by atoms with van der Waals surface area (Å²) < 4.78 is 13.2. The lowest BCUT2D eigenvalue weighted by Gasteiger charge is -2.32. The van der Waals surface area contributed by atoms with Crippen molar-refractivity contribution >= 4 is 5.91 Å². The Morgan fingerprint density at radius 3 is 2.38 bits per heavy atom. The van der Waals surface area contributed by atoms with Gasteiger partial charge in [0.25, 0.3) is 5.91 Å². The summed E-state index contributed by atoms with van der Waals surface area (Å²) in [5.41, 5.74) is 4.65. The summed E-state index contributed by atoms with van der Waals surface area (Å²) in [7, 11) is 3.47. The van der Waals surface area contributed by atoms with Gasteiger partial charge >= 0.3 is 0 Å². The van der Waals surface area contributed by atoms with Crippen LogP contribution in [0.4, 0.5) is 4.39 Å². The summed E-state index contributed by atoms with van der Waals surface area (Å²) in [4.78, 5) is 25.5. The van der Waals surface area contributed by atoms with Crippen LogP contribution in [0.3, 0.4) is 0 Å². The molecule has 0 radical (unpaired) electrons. The topological polar surface area (TPSA) is 49.3 Å². The molecular weight excluding hydrogens is 403 g/mol. The average Bonchev–Trinajstić information content (AvgIpc) is 2.80. The Labute approximate surface area is 188 Å².